The number of aliphatic hydroxyl groups excluding tert-OH is 1. The average molecular weight is 497 g/mol. The minimum Gasteiger partial charge on any atom is -0.491 e. The molecule has 3 aliphatic rings. The van der Waals surface area contributed by atoms with Crippen molar-refractivity contribution in [1.29, 1.82) is 0 Å². The molecule has 0 bridgehead atoms. The Balaban J connectivity index is 1.42. The molecule has 1 saturated heterocycles. The molecule has 1 N–H and O–H groups in total. The number of ether oxygens (including phenoxy) is 3. The standard InChI is InChI=1S/C30H40O6/c1-18(2)34-24-9-6-21(7-10-24)15-28(32)36-27-14-19(3)13-22-8-5-20(4)26(30(22)27)12-11-25-16-23(31)17-29(33)35-25/h5-10,13,18-20,23,25-27,30-31H,11-12,14-17H2,1-4H3/t19-,20-,23+,25+,26-,27-,30-/m0/s1. The van der Waals surface area contributed by atoms with E-state index in [1.807, 2.05) is 38.1 Å². The van der Waals surface area contributed by atoms with Crippen LogP contribution in [0.4, 0.5) is 0 Å². The molecular weight excluding hydrogens is 456 g/mol. The van der Waals surface area contributed by atoms with E-state index in [0.29, 0.717) is 24.7 Å². The van der Waals surface area contributed by atoms with Gasteiger partial charge in [-0.15, -0.1) is 0 Å². The van der Waals surface area contributed by atoms with Crippen molar-refractivity contribution in [1.82, 2.24) is 0 Å². The van der Waals surface area contributed by atoms with Crippen LogP contribution in [-0.4, -0.2) is 41.5 Å². The second-order valence-corrected chi connectivity index (χ2v) is 11.1. The van der Waals surface area contributed by atoms with Gasteiger partial charge in [0.25, 0.3) is 0 Å². The number of carbonyl (C=O) groups is 2. The largest absolute Gasteiger partial charge is 0.491 e. The number of esters is 2. The maximum atomic E-state index is 13.0. The summed E-state index contributed by atoms with van der Waals surface area (Å²) >= 11 is 0. The molecule has 0 radical (unpaired) electrons. The lowest BCUT2D eigenvalue weighted by atomic mass is 9.65. The van der Waals surface area contributed by atoms with Crippen LogP contribution in [0.5, 0.6) is 5.75 Å². The van der Waals surface area contributed by atoms with Gasteiger partial charge in [-0.1, -0.05) is 44.2 Å². The van der Waals surface area contributed by atoms with E-state index in [1.54, 1.807) is 0 Å². The number of hydrogen-bond acceptors (Lipinski definition) is 6. The number of benzene rings is 1. The summed E-state index contributed by atoms with van der Waals surface area (Å²) in [6.07, 6.45) is 8.94. The van der Waals surface area contributed by atoms with E-state index < -0.39 is 6.10 Å². The van der Waals surface area contributed by atoms with Gasteiger partial charge in [-0.25, -0.2) is 0 Å². The highest BCUT2D eigenvalue weighted by Crippen LogP contribution is 2.45. The molecule has 4 rings (SSSR count). The number of carbonyl (C=O) groups excluding carboxylic acids is 2. The number of hydrogen-bond donors (Lipinski definition) is 1. The third kappa shape index (κ3) is 6.78. The number of allylic oxidation sites excluding steroid dienone is 3. The van der Waals surface area contributed by atoms with Crippen LogP contribution >= 0.6 is 0 Å². The Morgan fingerprint density at radius 1 is 1.14 bits per heavy atom. The van der Waals surface area contributed by atoms with Crippen molar-refractivity contribution >= 4 is 11.9 Å². The smallest absolute Gasteiger partial charge is 0.310 e. The maximum absolute atomic E-state index is 13.0. The second-order valence-electron chi connectivity index (χ2n) is 11.1. The Hall–Kier alpha value is -2.60. The van der Waals surface area contributed by atoms with Gasteiger partial charge in [0.2, 0.25) is 0 Å². The zero-order chi connectivity index (χ0) is 25.8. The fourth-order valence-corrected chi connectivity index (χ4v) is 5.97. The van der Waals surface area contributed by atoms with Gasteiger partial charge in [0.05, 0.1) is 25.0 Å². The predicted molar refractivity (Wildman–Crippen MR) is 137 cm³/mol. The first-order valence-corrected chi connectivity index (χ1v) is 13.4. The van der Waals surface area contributed by atoms with E-state index in [4.69, 9.17) is 14.2 Å². The van der Waals surface area contributed by atoms with Gasteiger partial charge in [-0.2, -0.15) is 0 Å². The second kappa shape index (κ2) is 11.6. The van der Waals surface area contributed by atoms with Crippen molar-refractivity contribution in [3.05, 3.63) is 53.6 Å². The van der Waals surface area contributed by atoms with Crippen LogP contribution in [0.25, 0.3) is 0 Å². The average Bonchev–Trinajstić information content (AvgIpc) is 2.79. The topological polar surface area (TPSA) is 82.1 Å². The monoisotopic (exact) mass is 496 g/mol. The summed E-state index contributed by atoms with van der Waals surface area (Å²) in [6, 6.07) is 7.62. The Bertz CT molecular complexity index is 978. The molecule has 0 amide bonds. The number of aliphatic hydroxyl groups is 1. The summed E-state index contributed by atoms with van der Waals surface area (Å²) in [7, 11) is 0. The molecular formula is C30H40O6. The van der Waals surface area contributed by atoms with Crippen LogP contribution in [0.15, 0.2) is 48.1 Å². The molecule has 7 atom stereocenters. The molecule has 1 fully saturated rings. The molecule has 2 aliphatic carbocycles. The lowest BCUT2D eigenvalue weighted by Gasteiger charge is -2.43. The first-order valence-electron chi connectivity index (χ1n) is 13.4. The summed E-state index contributed by atoms with van der Waals surface area (Å²) in [5.74, 6) is 1.30. The molecule has 196 valence electrons. The maximum Gasteiger partial charge on any atom is 0.310 e. The zero-order valence-corrected chi connectivity index (χ0v) is 21.9. The fourth-order valence-electron chi connectivity index (χ4n) is 5.97. The minimum absolute atomic E-state index is 0.0813. The Kier molecular flexibility index (Phi) is 8.55. The van der Waals surface area contributed by atoms with Gasteiger partial charge in [0.15, 0.2) is 0 Å². The van der Waals surface area contributed by atoms with Crippen molar-refractivity contribution in [2.45, 2.75) is 90.6 Å². The van der Waals surface area contributed by atoms with Crippen LogP contribution in [0, 0.1) is 23.7 Å². The van der Waals surface area contributed by atoms with Crippen LogP contribution < -0.4 is 4.74 Å². The van der Waals surface area contributed by atoms with Crippen molar-refractivity contribution < 1.29 is 28.9 Å². The van der Waals surface area contributed by atoms with Crippen molar-refractivity contribution in [3.8, 4) is 5.75 Å². The van der Waals surface area contributed by atoms with E-state index >= 15 is 0 Å². The molecule has 1 heterocycles. The zero-order valence-electron chi connectivity index (χ0n) is 21.9. The third-order valence-corrected chi connectivity index (χ3v) is 7.58. The molecule has 0 aromatic heterocycles. The SMILES string of the molecule is CC(C)Oc1ccc(CC(=O)O[C@H]2C[C@@H](C)C=C3C=C[C@H](C)[C@H](CC[C@@H]4C[C@@H](O)CC(=O)O4)[C@H]32)cc1. The van der Waals surface area contributed by atoms with Crippen molar-refractivity contribution in [2.24, 2.45) is 23.7 Å². The van der Waals surface area contributed by atoms with Crippen molar-refractivity contribution in [2.75, 3.05) is 0 Å². The molecule has 6 heteroatoms. The molecule has 6 nitrogen and oxygen atoms in total. The highest BCUT2D eigenvalue weighted by atomic mass is 16.5. The van der Waals surface area contributed by atoms with Gasteiger partial charge in [-0.3, -0.25) is 9.59 Å². The lowest BCUT2D eigenvalue weighted by molar-refractivity contribution is -0.161. The Morgan fingerprint density at radius 3 is 2.58 bits per heavy atom. The lowest BCUT2D eigenvalue weighted by Crippen LogP contribution is -2.41. The molecule has 0 unspecified atom stereocenters. The summed E-state index contributed by atoms with van der Waals surface area (Å²) in [5, 5.41) is 9.99. The molecule has 1 aromatic carbocycles. The van der Waals surface area contributed by atoms with Gasteiger partial charge in [0.1, 0.15) is 18.0 Å². The van der Waals surface area contributed by atoms with E-state index in [1.165, 1.54) is 5.57 Å². The van der Waals surface area contributed by atoms with Gasteiger partial charge in [-0.05, 0) is 74.1 Å². The number of fused-ring (bicyclic) bond motifs is 1. The molecule has 0 spiro atoms. The summed E-state index contributed by atoms with van der Waals surface area (Å²) in [5.41, 5.74) is 2.15. The minimum atomic E-state index is -0.620. The molecule has 1 aromatic rings. The number of rotatable bonds is 8. The molecule has 36 heavy (non-hydrogen) atoms. The van der Waals surface area contributed by atoms with Gasteiger partial charge >= 0.3 is 11.9 Å². The summed E-state index contributed by atoms with van der Waals surface area (Å²) in [4.78, 5) is 24.8. The first kappa shape index (κ1) is 26.5. The Morgan fingerprint density at radius 2 is 1.89 bits per heavy atom. The van der Waals surface area contributed by atoms with E-state index in [2.05, 4.69) is 32.1 Å². The van der Waals surface area contributed by atoms with Crippen molar-refractivity contribution in [3.63, 3.8) is 0 Å². The Labute approximate surface area is 214 Å². The highest BCUT2D eigenvalue weighted by molar-refractivity contribution is 5.73. The highest BCUT2D eigenvalue weighted by Gasteiger charge is 2.42. The summed E-state index contributed by atoms with van der Waals surface area (Å²) < 4.78 is 17.4. The summed E-state index contributed by atoms with van der Waals surface area (Å²) in [6.45, 7) is 8.34. The molecule has 1 aliphatic heterocycles. The fraction of sp³-hybridized carbons (Fsp3) is 0.600. The first-order chi connectivity index (χ1) is 17.2. The van der Waals surface area contributed by atoms with Crippen LogP contribution in [0.3, 0.4) is 0 Å². The normalized spacial score (nSPS) is 31.9. The van der Waals surface area contributed by atoms with Gasteiger partial charge < -0.3 is 19.3 Å². The van der Waals surface area contributed by atoms with Crippen LogP contribution in [0.1, 0.15) is 65.4 Å². The van der Waals surface area contributed by atoms with E-state index in [-0.39, 0.29) is 54.9 Å². The number of cyclic esters (lactones) is 1. The van der Waals surface area contributed by atoms with Gasteiger partial charge in [0, 0.05) is 12.3 Å². The molecule has 0 saturated carbocycles. The quantitative estimate of drug-likeness (QED) is 0.500. The van der Waals surface area contributed by atoms with Crippen LogP contribution in [-0.2, 0) is 25.5 Å². The predicted octanol–water partition coefficient (Wildman–Crippen LogP) is 5.18. The van der Waals surface area contributed by atoms with Crippen LogP contribution in [0.2, 0.25) is 0 Å². The third-order valence-electron chi connectivity index (χ3n) is 7.58. The van der Waals surface area contributed by atoms with E-state index in [0.717, 1.165) is 24.2 Å². The van der Waals surface area contributed by atoms with E-state index in [9.17, 15) is 14.7 Å².